The van der Waals surface area contributed by atoms with Crippen LogP contribution in [0.25, 0.3) is 10.4 Å². The zero-order chi connectivity index (χ0) is 19.9. The van der Waals surface area contributed by atoms with Crippen LogP contribution in [-0.4, -0.2) is 41.4 Å². The molecule has 1 aliphatic rings. The molecule has 3 atom stereocenters. The highest BCUT2D eigenvalue weighted by molar-refractivity contribution is 5.87. The Kier molecular flexibility index (Phi) is 7.21. The van der Waals surface area contributed by atoms with Gasteiger partial charge in [0.1, 0.15) is 6.61 Å². The van der Waals surface area contributed by atoms with Crippen LogP contribution in [0.4, 0.5) is 0 Å². The van der Waals surface area contributed by atoms with Crippen LogP contribution in [0.3, 0.4) is 0 Å². The summed E-state index contributed by atoms with van der Waals surface area (Å²) >= 11 is 0. The highest BCUT2D eigenvalue weighted by atomic mass is 16.5. The molecule has 0 saturated carbocycles. The normalized spacial score (nSPS) is 22.8. The van der Waals surface area contributed by atoms with E-state index in [9.17, 15) is 9.59 Å². The molecular formula is C19H27N5O3. The predicted octanol–water partition coefficient (Wildman–Crippen LogP) is 2.77. The molecule has 1 saturated heterocycles. The third kappa shape index (κ3) is 4.78. The molecule has 1 aromatic carbocycles. The van der Waals surface area contributed by atoms with Gasteiger partial charge in [-0.05, 0) is 24.4 Å². The Bertz CT molecular complexity index is 703. The molecule has 1 fully saturated rings. The van der Waals surface area contributed by atoms with Crippen LogP contribution in [0.15, 0.2) is 35.4 Å². The maximum Gasteiger partial charge on any atom is 0.320 e. The quantitative estimate of drug-likeness (QED) is 0.326. The topological polar surface area (TPSA) is 121 Å². The number of ether oxygens (including phenoxy) is 1. The second-order valence-electron chi connectivity index (χ2n) is 7.02. The first-order chi connectivity index (χ1) is 12.9. The molecule has 27 heavy (non-hydrogen) atoms. The number of hydrogen-bond donors (Lipinski definition) is 1. The number of rotatable bonds is 8. The molecule has 1 amide bonds. The molecule has 8 heteroatoms. The largest absolute Gasteiger partial charge is 0.460 e. The van der Waals surface area contributed by atoms with Gasteiger partial charge < -0.3 is 15.4 Å². The summed E-state index contributed by atoms with van der Waals surface area (Å²) in [5.74, 6) is -1.15. The minimum absolute atomic E-state index is 0.000558. The van der Waals surface area contributed by atoms with Crippen molar-refractivity contribution < 1.29 is 14.3 Å². The summed E-state index contributed by atoms with van der Waals surface area (Å²) in [6.45, 7) is 4.07. The maximum absolute atomic E-state index is 13.0. The number of esters is 1. The number of nitrogens with two attached hydrogens (primary N) is 1. The fourth-order valence-electron chi connectivity index (χ4n) is 3.45. The van der Waals surface area contributed by atoms with Gasteiger partial charge in [0, 0.05) is 23.9 Å². The fraction of sp³-hybridized carbons (Fsp3) is 0.579. The first-order valence-corrected chi connectivity index (χ1v) is 9.26. The van der Waals surface area contributed by atoms with Crippen molar-refractivity contribution >= 4 is 11.9 Å². The van der Waals surface area contributed by atoms with E-state index in [-0.39, 0.29) is 25.0 Å². The molecule has 8 nitrogen and oxygen atoms in total. The number of unbranched alkanes of at least 4 members (excludes halogenated alkanes) is 1. The van der Waals surface area contributed by atoms with Crippen LogP contribution >= 0.6 is 0 Å². The summed E-state index contributed by atoms with van der Waals surface area (Å²) in [5.41, 5.74) is 14.3. The van der Waals surface area contributed by atoms with E-state index in [2.05, 4.69) is 10.0 Å². The fourth-order valence-corrected chi connectivity index (χ4v) is 3.45. The summed E-state index contributed by atoms with van der Waals surface area (Å²) in [6, 6.07) is 8.61. The van der Waals surface area contributed by atoms with Crippen molar-refractivity contribution in [1.82, 2.24) is 4.90 Å². The van der Waals surface area contributed by atoms with Crippen LogP contribution < -0.4 is 5.73 Å². The lowest BCUT2D eigenvalue weighted by atomic mass is 9.84. The Balaban J connectivity index is 2.25. The van der Waals surface area contributed by atoms with Crippen molar-refractivity contribution in [3.63, 3.8) is 0 Å². The summed E-state index contributed by atoms with van der Waals surface area (Å²) in [5, 5.41) is 3.86. The third-order valence-electron chi connectivity index (χ3n) is 4.94. The van der Waals surface area contributed by atoms with Crippen LogP contribution in [0.5, 0.6) is 0 Å². The number of likely N-dealkylation sites (tertiary alicyclic amines) is 1. The lowest BCUT2D eigenvalue weighted by Crippen LogP contribution is -2.47. The van der Waals surface area contributed by atoms with Gasteiger partial charge in [-0.25, -0.2) is 0 Å². The average molecular weight is 373 g/mol. The van der Waals surface area contributed by atoms with E-state index >= 15 is 0 Å². The summed E-state index contributed by atoms with van der Waals surface area (Å²) in [4.78, 5) is 29.8. The average Bonchev–Trinajstić information content (AvgIpc) is 3.04. The van der Waals surface area contributed by atoms with Crippen molar-refractivity contribution in [2.45, 2.75) is 51.3 Å². The Morgan fingerprint density at radius 3 is 2.74 bits per heavy atom. The molecule has 2 N–H and O–H groups in total. The van der Waals surface area contributed by atoms with Gasteiger partial charge in [-0.2, -0.15) is 0 Å². The first-order valence-electron chi connectivity index (χ1n) is 9.26. The number of nitrogens with zero attached hydrogens (tertiary/aromatic N) is 4. The van der Waals surface area contributed by atoms with Crippen LogP contribution in [-0.2, 0) is 20.9 Å². The van der Waals surface area contributed by atoms with Crippen molar-refractivity contribution in [2.24, 2.45) is 16.8 Å². The van der Waals surface area contributed by atoms with Gasteiger partial charge >= 0.3 is 5.97 Å². The van der Waals surface area contributed by atoms with Gasteiger partial charge in [-0.3, -0.25) is 9.59 Å². The van der Waals surface area contributed by atoms with E-state index < -0.39 is 17.6 Å². The van der Waals surface area contributed by atoms with E-state index in [0.29, 0.717) is 13.0 Å². The molecule has 0 aromatic heterocycles. The second-order valence-corrected chi connectivity index (χ2v) is 7.02. The number of carbonyl (C=O) groups excluding carboxylic acids is 2. The molecule has 0 aliphatic carbocycles. The minimum atomic E-state index is -1.41. The SMILES string of the molecule is CCCC[C@H]1CN(C(=O)[C@H](C)N)C[C@@]1(N=[N+]=[N-])C(=O)OCc1ccccc1. The molecule has 0 unspecified atom stereocenters. The van der Waals surface area contributed by atoms with Crippen molar-refractivity contribution in [1.29, 1.82) is 0 Å². The standard InChI is InChI=1S/C19H27N5O3/c1-3-4-10-16-11-24(17(25)14(2)20)13-19(16,22-23-21)18(26)27-12-15-8-6-5-7-9-15/h5-9,14,16H,3-4,10-13,20H2,1-2H3/t14-,16-,19-/m0/s1. The second kappa shape index (κ2) is 9.39. The third-order valence-corrected chi connectivity index (χ3v) is 4.94. The number of azide groups is 1. The van der Waals surface area contributed by atoms with Crippen LogP contribution in [0.2, 0.25) is 0 Å². The molecule has 0 spiro atoms. The zero-order valence-corrected chi connectivity index (χ0v) is 15.9. The molecule has 1 heterocycles. The summed E-state index contributed by atoms with van der Waals surface area (Å²) in [7, 11) is 0. The van der Waals surface area contributed by atoms with Gasteiger partial charge in [0.2, 0.25) is 5.91 Å². The van der Waals surface area contributed by atoms with Crippen LogP contribution in [0, 0.1) is 5.92 Å². The minimum Gasteiger partial charge on any atom is -0.460 e. The van der Waals surface area contributed by atoms with Crippen molar-refractivity contribution in [3.05, 3.63) is 46.3 Å². The van der Waals surface area contributed by atoms with Crippen molar-refractivity contribution in [3.8, 4) is 0 Å². The number of amides is 1. The summed E-state index contributed by atoms with van der Waals surface area (Å²) in [6.07, 6.45) is 2.46. The summed E-state index contributed by atoms with van der Waals surface area (Å²) < 4.78 is 5.49. The van der Waals surface area contributed by atoms with Gasteiger partial charge in [0.05, 0.1) is 6.04 Å². The zero-order valence-electron chi connectivity index (χ0n) is 15.9. The number of benzene rings is 1. The maximum atomic E-state index is 13.0. The van der Waals surface area contributed by atoms with E-state index in [1.807, 2.05) is 37.3 Å². The smallest absolute Gasteiger partial charge is 0.320 e. The first kappa shape index (κ1) is 20.7. The molecule has 1 aliphatic heterocycles. The Morgan fingerprint density at radius 2 is 2.15 bits per heavy atom. The molecule has 0 bridgehead atoms. The lowest BCUT2D eigenvalue weighted by Gasteiger charge is -2.27. The van der Waals surface area contributed by atoms with Gasteiger partial charge in [-0.15, -0.1) is 0 Å². The highest BCUT2D eigenvalue weighted by Gasteiger charge is 2.54. The molecule has 2 rings (SSSR count). The van der Waals surface area contributed by atoms with Gasteiger partial charge in [-0.1, -0.05) is 55.2 Å². The number of carbonyl (C=O) groups is 2. The Labute approximate surface area is 159 Å². The molecule has 1 aromatic rings. The van der Waals surface area contributed by atoms with E-state index in [1.165, 1.54) is 4.90 Å². The van der Waals surface area contributed by atoms with E-state index in [4.69, 9.17) is 16.0 Å². The lowest BCUT2D eigenvalue weighted by molar-refractivity contribution is -0.152. The van der Waals surface area contributed by atoms with Crippen molar-refractivity contribution in [2.75, 3.05) is 13.1 Å². The van der Waals surface area contributed by atoms with Crippen LogP contribution in [0.1, 0.15) is 38.7 Å². The Morgan fingerprint density at radius 1 is 1.44 bits per heavy atom. The predicted molar refractivity (Wildman–Crippen MR) is 101 cm³/mol. The molecular weight excluding hydrogens is 346 g/mol. The van der Waals surface area contributed by atoms with Gasteiger partial charge in [0.25, 0.3) is 0 Å². The Hall–Kier alpha value is -2.57. The molecule has 146 valence electrons. The van der Waals surface area contributed by atoms with Gasteiger partial charge in [0.15, 0.2) is 5.54 Å². The monoisotopic (exact) mass is 373 g/mol. The number of hydrogen-bond acceptors (Lipinski definition) is 5. The van der Waals surface area contributed by atoms with E-state index in [0.717, 1.165) is 18.4 Å². The highest BCUT2D eigenvalue weighted by Crippen LogP contribution is 2.37. The van der Waals surface area contributed by atoms with E-state index in [1.54, 1.807) is 6.92 Å². The molecule has 0 radical (unpaired) electrons.